The van der Waals surface area contributed by atoms with Crippen molar-refractivity contribution in [3.63, 3.8) is 0 Å². The standard InChI is InChI=1S/C16H14ClN7OS/c17-14-11(5-8-26-14)15-19-16(25-22-15)10-3-6-23(7-4-10)13-2-1-12-20-18-9-24(12)21-13/h1-2,5,8-10H,3-4,6-7H2. The van der Waals surface area contributed by atoms with Crippen LogP contribution in [0.1, 0.15) is 24.7 Å². The molecule has 5 rings (SSSR count). The maximum atomic E-state index is 6.16. The van der Waals surface area contributed by atoms with E-state index in [0.29, 0.717) is 16.1 Å². The van der Waals surface area contributed by atoms with Crippen LogP contribution >= 0.6 is 22.9 Å². The van der Waals surface area contributed by atoms with Gasteiger partial charge in [-0.25, -0.2) is 0 Å². The lowest BCUT2D eigenvalue weighted by molar-refractivity contribution is 0.329. The number of hydrogen-bond acceptors (Lipinski definition) is 8. The Morgan fingerprint density at radius 1 is 1.19 bits per heavy atom. The monoisotopic (exact) mass is 387 g/mol. The highest BCUT2D eigenvalue weighted by molar-refractivity contribution is 7.15. The van der Waals surface area contributed by atoms with E-state index in [0.717, 1.165) is 43.0 Å². The summed E-state index contributed by atoms with van der Waals surface area (Å²) in [5, 5.41) is 18.4. The van der Waals surface area contributed by atoms with Gasteiger partial charge in [0.05, 0.1) is 5.56 Å². The number of thiophene rings is 1. The molecule has 0 bridgehead atoms. The van der Waals surface area contributed by atoms with Crippen LogP contribution in [0.5, 0.6) is 0 Å². The van der Waals surface area contributed by atoms with E-state index in [1.54, 1.807) is 10.8 Å². The van der Waals surface area contributed by atoms with Gasteiger partial charge >= 0.3 is 0 Å². The van der Waals surface area contributed by atoms with Crippen molar-refractivity contribution in [1.29, 1.82) is 0 Å². The molecule has 1 fully saturated rings. The first kappa shape index (κ1) is 15.7. The zero-order valence-corrected chi connectivity index (χ0v) is 15.2. The number of rotatable bonds is 3. The lowest BCUT2D eigenvalue weighted by atomic mass is 9.97. The summed E-state index contributed by atoms with van der Waals surface area (Å²) in [6, 6.07) is 5.82. The normalized spacial score (nSPS) is 15.8. The molecule has 0 amide bonds. The zero-order valence-electron chi connectivity index (χ0n) is 13.6. The smallest absolute Gasteiger partial charge is 0.230 e. The van der Waals surface area contributed by atoms with Crippen LogP contribution in [0, 0.1) is 0 Å². The fourth-order valence-corrected chi connectivity index (χ4v) is 4.12. The first-order valence-electron chi connectivity index (χ1n) is 8.27. The minimum atomic E-state index is 0.253. The molecule has 0 saturated carbocycles. The average molecular weight is 388 g/mol. The third-order valence-corrected chi connectivity index (χ3v) is 5.79. The second-order valence-electron chi connectivity index (χ2n) is 6.15. The summed E-state index contributed by atoms with van der Waals surface area (Å²) in [7, 11) is 0. The van der Waals surface area contributed by atoms with E-state index >= 15 is 0 Å². The van der Waals surface area contributed by atoms with E-state index in [-0.39, 0.29) is 5.92 Å². The van der Waals surface area contributed by atoms with E-state index in [1.807, 2.05) is 23.6 Å². The first-order valence-corrected chi connectivity index (χ1v) is 9.53. The summed E-state index contributed by atoms with van der Waals surface area (Å²) in [4.78, 5) is 6.81. The molecule has 0 aliphatic carbocycles. The number of halogens is 1. The van der Waals surface area contributed by atoms with E-state index < -0.39 is 0 Å². The number of aromatic nitrogens is 6. The Bertz CT molecular complexity index is 1050. The van der Waals surface area contributed by atoms with Crippen LogP contribution in [0.25, 0.3) is 17.0 Å². The van der Waals surface area contributed by atoms with E-state index in [9.17, 15) is 0 Å². The van der Waals surface area contributed by atoms with Gasteiger partial charge in [0.2, 0.25) is 11.7 Å². The Kier molecular flexibility index (Phi) is 3.83. The Hall–Kier alpha value is -2.52. The van der Waals surface area contributed by atoms with Crippen molar-refractivity contribution in [3.8, 4) is 11.4 Å². The van der Waals surface area contributed by atoms with Crippen LogP contribution in [-0.2, 0) is 0 Å². The van der Waals surface area contributed by atoms with Crippen LogP contribution in [0.3, 0.4) is 0 Å². The highest BCUT2D eigenvalue weighted by atomic mass is 35.5. The fraction of sp³-hybridized carbons (Fsp3) is 0.312. The number of fused-ring (bicyclic) bond motifs is 1. The number of hydrogen-bond donors (Lipinski definition) is 0. The quantitative estimate of drug-likeness (QED) is 0.533. The Balaban J connectivity index is 1.30. The largest absolute Gasteiger partial charge is 0.355 e. The molecule has 10 heteroatoms. The molecule has 4 aromatic rings. The summed E-state index contributed by atoms with van der Waals surface area (Å²) < 4.78 is 7.87. The number of nitrogens with zero attached hydrogens (tertiary/aromatic N) is 7. The van der Waals surface area contributed by atoms with E-state index in [4.69, 9.17) is 16.1 Å². The van der Waals surface area contributed by atoms with Gasteiger partial charge in [0, 0.05) is 19.0 Å². The summed E-state index contributed by atoms with van der Waals surface area (Å²) >= 11 is 7.62. The van der Waals surface area contributed by atoms with Gasteiger partial charge in [0.1, 0.15) is 16.5 Å². The van der Waals surface area contributed by atoms with Crippen molar-refractivity contribution in [2.75, 3.05) is 18.0 Å². The minimum Gasteiger partial charge on any atom is -0.355 e. The molecule has 8 nitrogen and oxygen atoms in total. The highest BCUT2D eigenvalue weighted by Gasteiger charge is 2.26. The lowest BCUT2D eigenvalue weighted by Crippen LogP contribution is -2.33. The summed E-state index contributed by atoms with van der Waals surface area (Å²) in [6.07, 6.45) is 3.48. The summed E-state index contributed by atoms with van der Waals surface area (Å²) in [6.45, 7) is 1.75. The van der Waals surface area contributed by atoms with Crippen LogP contribution in [0.15, 0.2) is 34.4 Å². The van der Waals surface area contributed by atoms with Crippen molar-refractivity contribution in [2.45, 2.75) is 18.8 Å². The predicted molar refractivity (Wildman–Crippen MR) is 97.6 cm³/mol. The predicted octanol–water partition coefficient (Wildman–Crippen LogP) is 3.27. The van der Waals surface area contributed by atoms with Gasteiger partial charge < -0.3 is 9.42 Å². The van der Waals surface area contributed by atoms with Crippen molar-refractivity contribution in [3.05, 3.63) is 40.1 Å². The average Bonchev–Trinajstić information content (AvgIpc) is 3.41. The molecule has 4 aromatic heterocycles. The molecule has 1 aliphatic rings. The molecule has 0 atom stereocenters. The molecule has 0 radical (unpaired) electrons. The summed E-state index contributed by atoms with van der Waals surface area (Å²) in [5.41, 5.74) is 1.57. The lowest BCUT2D eigenvalue weighted by Gasteiger charge is -2.31. The van der Waals surface area contributed by atoms with Crippen molar-refractivity contribution in [1.82, 2.24) is 30.0 Å². The molecule has 0 aromatic carbocycles. The van der Waals surface area contributed by atoms with Crippen LogP contribution in [0.2, 0.25) is 4.34 Å². The van der Waals surface area contributed by atoms with Crippen LogP contribution in [-0.4, -0.2) is 43.0 Å². The molecule has 0 spiro atoms. The molecule has 1 aliphatic heterocycles. The first-order chi connectivity index (χ1) is 12.8. The Morgan fingerprint density at radius 2 is 2.08 bits per heavy atom. The minimum absolute atomic E-state index is 0.253. The van der Waals surface area contributed by atoms with Crippen molar-refractivity contribution < 1.29 is 4.52 Å². The second kappa shape index (κ2) is 6.33. The molecular formula is C16H14ClN7OS. The SMILES string of the molecule is Clc1sccc1-c1noc(C2CCN(c3ccc4nncn4n3)CC2)n1. The fourth-order valence-electron chi connectivity index (χ4n) is 3.21. The maximum Gasteiger partial charge on any atom is 0.230 e. The Labute approximate surface area is 157 Å². The van der Waals surface area contributed by atoms with Gasteiger partial charge in [-0.05, 0) is 36.4 Å². The molecule has 26 heavy (non-hydrogen) atoms. The molecule has 5 heterocycles. The molecule has 1 saturated heterocycles. The topological polar surface area (TPSA) is 85.2 Å². The third-order valence-electron chi connectivity index (χ3n) is 4.62. The van der Waals surface area contributed by atoms with E-state index in [2.05, 4.69) is 30.3 Å². The molecule has 132 valence electrons. The van der Waals surface area contributed by atoms with Crippen molar-refractivity contribution in [2.24, 2.45) is 0 Å². The van der Waals surface area contributed by atoms with Crippen molar-refractivity contribution >= 4 is 34.4 Å². The summed E-state index contributed by atoms with van der Waals surface area (Å²) in [5.74, 6) is 2.42. The number of anilines is 1. The van der Waals surface area contributed by atoms with Crippen LogP contribution < -0.4 is 4.90 Å². The maximum absolute atomic E-state index is 6.16. The molecular weight excluding hydrogens is 374 g/mol. The number of piperidine rings is 1. The van der Waals surface area contributed by atoms with Gasteiger partial charge in [-0.2, -0.15) is 9.50 Å². The van der Waals surface area contributed by atoms with Gasteiger partial charge in [-0.3, -0.25) is 0 Å². The van der Waals surface area contributed by atoms with Crippen LogP contribution in [0.4, 0.5) is 5.82 Å². The van der Waals surface area contributed by atoms with E-state index in [1.165, 1.54) is 11.3 Å². The Morgan fingerprint density at radius 3 is 2.88 bits per heavy atom. The highest BCUT2D eigenvalue weighted by Crippen LogP contribution is 2.33. The second-order valence-corrected chi connectivity index (χ2v) is 7.67. The molecule has 0 unspecified atom stereocenters. The zero-order chi connectivity index (χ0) is 17.5. The van der Waals surface area contributed by atoms with Gasteiger partial charge in [-0.15, -0.1) is 26.6 Å². The van der Waals surface area contributed by atoms with Gasteiger partial charge in [-0.1, -0.05) is 16.8 Å². The van der Waals surface area contributed by atoms with Gasteiger partial charge in [0.15, 0.2) is 5.65 Å². The third kappa shape index (κ3) is 2.73. The molecule has 0 N–H and O–H groups in total. The van der Waals surface area contributed by atoms with Gasteiger partial charge in [0.25, 0.3) is 0 Å².